The molecule has 1 aromatic heterocycles. The Morgan fingerprint density at radius 2 is 1.77 bits per heavy atom. The van der Waals surface area contributed by atoms with Crippen LogP contribution in [-0.2, 0) is 4.74 Å². The smallest absolute Gasteiger partial charge is 0.339 e. The number of hydrogen-bond donors (Lipinski definition) is 2. The molecule has 1 amide bonds. The molecule has 7 nitrogen and oxygen atoms in total. The predicted molar refractivity (Wildman–Crippen MR) is 97.4 cm³/mol. The molecular weight excluding hydrogens is 332 g/mol. The SMILES string of the molecule is COC(=O)c1ccccc1Nc1ncc(C(=O)NC2CCCCC2)cn1. The van der Waals surface area contributed by atoms with Crippen molar-refractivity contribution in [3.05, 3.63) is 47.8 Å². The Morgan fingerprint density at radius 1 is 1.08 bits per heavy atom. The van der Waals surface area contributed by atoms with E-state index in [9.17, 15) is 9.59 Å². The molecule has 1 aromatic carbocycles. The minimum Gasteiger partial charge on any atom is -0.465 e. The van der Waals surface area contributed by atoms with Gasteiger partial charge >= 0.3 is 5.97 Å². The van der Waals surface area contributed by atoms with Gasteiger partial charge in [-0.2, -0.15) is 0 Å². The van der Waals surface area contributed by atoms with Gasteiger partial charge < -0.3 is 15.4 Å². The Hall–Kier alpha value is -2.96. The maximum absolute atomic E-state index is 12.3. The molecule has 0 aliphatic heterocycles. The molecule has 0 unspecified atom stereocenters. The van der Waals surface area contributed by atoms with Crippen LogP contribution in [0.5, 0.6) is 0 Å². The van der Waals surface area contributed by atoms with Crippen LogP contribution in [-0.4, -0.2) is 35.0 Å². The average Bonchev–Trinajstić information content (AvgIpc) is 2.69. The summed E-state index contributed by atoms with van der Waals surface area (Å²) in [5.74, 6) is -0.300. The number of rotatable bonds is 5. The lowest BCUT2D eigenvalue weighted by atomic mass is 9.95. The maximum Gasteiger partial charge on any atom is 0.339 e. The summed E-state index contributed by atoms with van der Waals surface area (Å²) in [6.45, 7) is 0. The van der Waals surface area contributed by atoms with Gasteiger partial charge in [0.05, 0.1) is 23.9 Å². The topological polar surface area (TPSA) is 93.2 Å². The molecular formula is C19H22N4O3. The first-order chi connectivity index (χ1) is 12.7. The molecule has 0 bridgehead atoms. The fraction of sp³-hybridized carbons (Fsp3) is 0.368. The largest absolute Gasteiger partial charge is 0.465 e. The van der Waals surface area contributed by atoms with E-state index in [1.54, 1.807) is 24.3 Å². The van der Waals surface area contributed by atoms with Crippen LogP contribution in [0.2, 0.25) is 0 Å². The van der Waals surface area contributed by atoms with Crippen LogP contribution in [0.25, 0.3) is 0 Å². The summed E-state index contributed by atoms with van der Waals surface area (Å²) in [6, 6.07) is 7.16. The lowest BCUT2D eigenvalue weighted by Crippen LogP contribution is -2.36. The van der Waals surface area contributed by atoms with Crippen LogP contribution < -0.4 is 10.6 Å². The van der Waals surface area contributed by atoms with Crippen LogP contribution in [0.1, 0.15) is 52.8 Å². The van der Waals surface area contributed by atoms with Gasteiger partial charge in [0.2, 0.25) is 5.95 Å². The molecule has 2 N–H and O–H groups in total. The van der Waals surface area contributed by atoms with Gasteiger partial charge in [-0.15, -0.1) is 0 Å². The standard InChI is InChI=1S/C19H22N4O3/c1-26-18(25)15-9-5-6-10-16(15)23-19-20-11-13(12-21-19)17(24)22-14-7-3-2-4-8-14/h5-6,9-12,14H,2-4,7-8H2,1H3,(H,22,24)(H,20,21,23). The summed E-state index contributed by atoms with van der Waals surface area (Å²) < 4.78 is 4.76. The molecule has 0 spiro atoms. The fourth-order valence-electron chi connectivity index (χ4n) is 3.03. The fourth-order valence-corrected chi connectivity index (χ4v) is 3.03. The number of ether oxygens (including phenoxy) is 1. The third kappa shape index (κ3) is 4.36. The Bertz CT molecular complexity index is 771. The summed E-state index contributed by atoms with van der Waals surface area (Å²) in [6.07, 6.45) is 8.56. The molecule has 136 valence electrons. The highest BCUT2D eigenvalue weighted by atomic mass is 16.5. The van der Waals surface area contributed by atoms with Crippen molar-refractivity contribution in [2.24, 2.45) is 0 Å². The van der Waals surface area contributed by atoms with E-state index in [4.69, 9.17) is 4.74 Å². The van der Waals surface area contributed by atoms with Gasteiger partial charge in [-0.1, -0.05) is 31.4 Å². The first-order valence-corrected chi connectivity index (χ1v) is 8.74. The molecule has 0 radical (unpaired) electrons. The highest BCUT2D eigenvalue weighted by Gasteiger charge is 2.17. The second kappa shape index (κ2) is 8.42. The molecule has 1 heterocycles. The second-order valence-electron chi connectivity index (χ2n) is 6.27. The van der Waals surface area contributed by atoms with Gasteiger partial charge in [-0.25, -0.2) is 14.8 Å². The van der Waals surface area contributed by atoms with Crippen molar-refractivity contribution < 1.29 is 14.3 Å². The Labute approximate surface area is 152 Å². The van der Waals surface area contributed by atoms with Crippen molar-refractivity contribution in [1.82, 2.24) is 15.3 Å². The number of esters is 1. The zero-order chi connectivity index (χ0) is 18.4. The lowest BCUT2D eigenvalue weighted by molar-refractivity contribution is 0.0601. The maximum atomic E-state index is 12.3. The van der Waals surface area contributed by atoms with Gasteiger partial charge in [0.15, 0.2) is 0 Å². The van der Waals surface area contributed by atoms with E-state index >= 15 is 0 Å². The highest BCUT2D eigenvalue weighted by Crippen LogP contribution is 2.20. The van der Waals surface area contributed by atoms with Gasteiger partial charge in [0.1, 0.15) is 0 Å². The summed E-state index contributed by atoms with van der Waals surface area (Å²) >= 11 is 0. The Kier molecular flexibility index (Phi) is 5.78. The summed E-state index contributed by atoms with van der Waals surface area (Å²) in [7, 11) is 1.33. The number of benzene rings is 1. The van der Waals surface area contributed by atoms with Crippen LogP contribution in [0, 0.1) is 0 Å². The van der Waals surface area contributed by atoms with Crippen molar-refractivity contribution in [2.45, 2.75) is 38.1 Å². The number of nitrogens with zero attached hydrogens (tertiary/aromatic N) is 2. The molecule has 2 aromatic rings. The van der Waals surface area contributed by atoms with E-state index in [1.165, 1.54) is 25.9 Å². The quantitative estimate of drug-likeness (QED) is 0.802. The average molecular weight is 354 g/mol. The number of para-hydroxylation sites is 1. The molecule has 0 atom stereocenters. The van der Waals surface area contributed by atoms with E-state index < -0.39 is 5.97 Å². The number of aromatic nitrogens is 2. The van der Waals surface area contributed by atoms with E-state index in [2.05, 4.69) is 20.6 Å². The predicted octanol–water partition coefficient (Wildman–Crippen LogP) is 3.07. The third-order valence-corrected chi connectivity index (χ3v) is 4.43. The number of carbonyl (C=O) groups is 2. The lowest BCUT2D eigenvalue weighted by Gasteiger charge is -2.22. The summed E-state index contributed by atoms with van der Waals surface area (Å²) in [5, 5.41) is 6.02. The van der Waals surface area contributed by atoms with Crippen molar-refractivity contribution >= 4 is 23.5 Å². The van der Waals surface area contributed by atoms with Crippen molar-refractivity contribution in [1.29, 1.82) is 0 Å². The number of nitrogens with one attached hydrogen (secondary N) is 2. The van der Waals surface area contributed by atoms with Crippen LogP contribution >= 0.6 is 0 Å². The van der Waals surface area contributed by atoms with Crippen LogP contribution in [0.3, 0.4) is 0 Å². The monoisotopic (exact) mass is 354 g/mol. The molecule has 1 fully saturated rings. The van der Waals surface area contributed by atoms with Gasteiger partial charge in [-0.3, -0.25) is 4.79 Å². The number of methoxy groups -OCH3 is 1. The van der Waals surface area contributed by atoms with Crippen molar-refractivity contribution in [2.75, 3.05) is 12.4 Å². The first-order valence-electron chi connectivity index (χ1n) is 8.74. The number of hydrogen-bond acceptors (Lipinski definition) is 6. The Balaban J connectivity index is 1.66. The third-order valence-electron chi connectivity index (χ3n) is 4.43. The molecule has 26 heavy (non-hydrogen) atoms. The normalized spacial score (nSPS) is 14.5. The molecule has 1 aliphatic rings. The highest BCUT2D eigenvalue weighted by molar-refractivity contribution is 5.96. The second-order valence-corrected chi connectivity index (χ2v) is 6.27. The summed E-state index contributed by atoms with van der Waals surface area (Å²) in [4.78, 5) is 32.5. The van der Waals surface area contributed by atoms with E-state index in [0.29, 0.717) is 22.8 Å². The van der Waals surface area contributed by atoms with Gasteiger partial charge in [0.25, 0.3) is 5.91 Å². The molecule has 1 aliphatic carbocycles. The van der Waals surface area contributed by atoms with Crippen LogP contribution in [0.15, 0.2) is 36.7 Å². The molecule has 3 rings (SSSR count). The van der Waals surface area contributed by atoms with Crippen molar-refractivity contribution in [3.63, 3.8) is 0 Å². The molecule has 0 saturated heterocycles. The first kappa shape index (κ1) is 17.8. The minimum absolute atomic E-state index is 0.154. The van der Waals surface area contributed by atoms with Gasteiger partial charge in [-0.05, 0) is 25.0 Å². The van der Waals surface area contributed by atoms with E-state index in [-0.39, 0.29) is 11.9 Å². The molecule has 7 heteroatoms. The number of amides is 1. The zero-order valence-corrected chi connectivity index (χ0v) is 14.7. The van der Waals surface area contributed by atoms with E-state index in [0.717, 1.165) is 25.7 Å². The number of carbonyl (C=O) groups excluding carboxylic acids is 2. The summed E-state index contributed by atoms with van der Waals surface area (Å²) in [5.41, 5.74) is 1.35. The molecule has 1 saturated carbocycles. The van der Waals surface area contributed by atoms with Crippen LogP contribution in [0.4, 0.5) is 11.6 Å². The minimum atomic E-state index is -0.448. The van der Waals surface area contributed by atoms with Gasteiger partial charge in [0, 0.05) is 18.4 Å². The Morgan fingerprint density at radius 3 is 2.46 bits per heavy atom. The van der Waals surface area contributed by atoms with Crippen molar-refractivity contribution in [3.8, 4) is 0 Å². The zero-order valence-electron chi connectivity index (χ0n) is 14.7. The van der Waals surface area contributed by atoms with E-state index in [1.807, 2.05) is 0 Å². The number of anilines is 2.